The van der Waals surface area contributed by atoms with Crippen molar-refractivity contribution in [3.8, 4) is 11.5 Å². The topological polar surface area (TPSA) is 68.2 Å². The van der Waals surface area contributed by atoms with Crippen LogP contribution in [0.1, 0.15) is 18.4 Å². The summed E-state index contributed by atoms with van der Waals surface area (Å²) in [5, 5.41) is 5.60. The van der Waals surface area contributed by atoms with Crippen LogP contribution in [0.25, 0.3) is 0 Å². The average Bonchev–Trinajstić information content (AvgIpc) is 2.94. The number of hydrogen-bond acceptors (Lipinski definition) is 5. The molecule has 3 aliphatic carbocycles. The molecule has 1 saturated heterocycles. The van der Waals surface area contributed by atoms with Gasteiger partial charge in [-0.05, 0) is 30.7 Å². The largest absolute Gasteiger partial charge is 0.496 e. The van der Waals surface area contributed by atoms with Gasteiger partial charge in [0.15, 0.2) is 0 Å². The lowest BCUT2D eigenvalue weighted by Crippen LogP contribution is -2.38. The van der Waals surface area contributed by atoms with Gasteiger partial charge in [-0.2, -0.15) is 10.1 Å². The number of imide groups is 1. The number of carbonyl (C=O) groups excluding carboxylic acids is 2. The number of ether oxygens (including phenoxy) is 2. The Morgan fingerprint density at radius 2 is 1.62 bits per heavy atom. The van der Waals surface area contributed by atoms with Gasteiger partial charge in [-0.3, -0.25) is 9.59 Å². The second-order valence-electron chi connectivity index (χ2n) is 6.80. The first-order valence-electron chi connectivity index (χ1n) is 8.56. The van der Waals surface area contributed by atoms with Crippen molar-refractivity contribution >= 4 is 29.6 Å². The van der Waals surface area contributed by atoms with Gasteiger partial charge in [0.1, 0.15) is 11.5 Å². The third-order valence-electron chi connectivity index (χ3n) is 5.55. The number of hydrazone groups is 1. The second-order valence-corrected chi connectivity index (χ2v) is 7.21. The Kier molecular flexibility index (Phi) is 4.23. The van der Waals surface area contributed by atoms with Crippen LogP contribution < -0.4 is 9.47 Å². The Morgan fingerprint density at radius 3 is 2.12 bits per heavy atom. The van der Waals surface area contributed by atoms with Crippen molar-refractivity contribution < 1.29 is 19.1 Å². The zero-order valence-corrected chi connectivity index (χ0v) is 15.3. The molecule has 2 amide bonds. The number of benzene rings is 1. The highest BCUT2D eigenvalue weighted by Crippen LogP contribution is 2.49. The summed E-state index contributed by atoms with van der Waals surface area (Å²) in [4.78, 5) is 25.5. The molecule has 1 heterocycles. The maximum atomic E-state index is 12.8. The summed E-state index contributed by atoms with van der Waals surface area (Å²) in [6, 6.07) is 3.27. The lowest BCUT2D eigenvalue weighted by atomic mass is 9.63. The van der Waals surface area contributed by atoms with E-state index in [9.17, 15) is 9.59 Å². The second kappa shape index (κ2) is 6.43. The van der Waals surface area contributed by atoms with E-state index in [4.69, 9.17) is 21.1 Å². The monoisotopic (exact) mass is 374 g/mol. The number of nitrogens with zero attached hydrogens (tertiary/aromatic N) is 2. The number of allylic oxidation sites excluding steroid dienone is 2. The van der Waals surface area contributed by atoms with Crippen molar-refractivity contribution in [2.75, 3.05) is 14.2 Å². The number of fused-ring (bicyclic) bond motifs is 1. The number of rotatable bonds is 4. The summed E-state index contributed by atoms with van der Waals surface area (Å²) in [5.41, 5.74) is 0.565. The molecule has 2 bridgehead atoms. The SMILES string of the molecule is COc1cc(OC)c(/C=N\N2C(=O)[C@@H]3[C@H](C2=O)[C@H]2C=C[C@H]3CC2)cc1Cl. The summed E-state index contributed by atoms with van der Waals surface area (Å²) in [7, 11) is 3.03. The standard InChI is InChI=1S/C19H19ClN2O4/c1-25-14-8-15(26-2)13(20)7-12(14)9-21-22-18(23)16-10-3-4-11(6-5-10)17(16)19(22)24/h3-4,7-11,16-17H,5-6H2,1-2H3/b21-9-/t10-,11-,16-,17+/m0/s1. The van der Waals surface area contributed by atoms with Crippen molar-refractivity contribution in [3.05, 3.63) is 34.9 Å². The van der Waals surface area contributed by atoms with E-state index in [2.05, 4.69) is 17.3 Å². The van der Waals surface area contributed by atoms with Gasteiger partial charge in [-0.15, -0.1) is 0 Å². The summed E-state index contributed by atoms with van der Waals surface area (Å²) in [5.74, 6) is 0.284. The van der Waals surface area contributed by atoms with Gasteiger partial charge >= 0.3 is 0 Å². The van der Waals surface area contributed by atoms with Crippen LogP contribution >= 0.6 is 11.6 Å². The fraction of sp³-hybridized carbons (Fsp3) is 0.421. The molecule has 0 aromatic heterocycles. The molecule has 5 rings (SSSR count). The van der Waals surface area contributed by atoms with Crippen LogP contribution in [0.2, 0.25) is 5.02 Å². The minimum atomic E-state index is -0.273. The first-order valence-corrected chi connectivity index (χ1v) is 8.94. The van der Waals surface area contributed by atoms with E-state index in [0.717, 1.165) is 17.9 Å². The van der Waals surface area contributed by atoms with E-state index in [1.807, 2.05) is 0 Å². The van der Waals surface area contributed by atoms with Crippen LogP contribution in [-0.4, -0.2) is 37.3 Å². The molecule has 26 heavy (non-hydrogen) atoms. The molecule has 1 aromatic carbocycles. The van der Waals surface area contributed by atoms with Gasteiger partial charge in [-0.25, -0.2) is 0 Å². The van der Waals surface area contributed by atoms with Crippen LogP contribution in [-0.2, 0) is 9.59 Å². The van der Waals surface area contributed by atoms with Crippen LogP contribution in [0, 0.1) is 23.7 Å². The maximum absolute atomic E-state index is 12.8. The third-order valence-corrected chi connectivity index (χ3v) is 5.85. The fourth-order valence-corrected chi connectivity index (χ4v) is 4.53. The van der Waals surface area contributed by atoms with Gasteiger partial charge < -0.3 is 9.47 Å². The van der Waals surface area contributed by atoms with Gasteiger partial charge in [0.05, 0.1) is 37.3 Å². The highest BCUT2D eigenvalue weighted by atomic mass is 35.5. The number of methoxy groups -OCH3 is 2. The number of carbonyl (C=O) groups is 2. The van der Waals surface area contributed by atoms with Crippen LogP contribution in [0.15, 0.2) is 29.4 Å². The molecule has 2 fully saturated rings. The number of halogens is 1. The van der Waals surface area contributed by atoms with Crippen molar-refractivity contribution in [1.82, 2.24) is 5.01 Å². The molecular formula is C19H19ClN2O4. The summed E-state index contributed by atoms with van der Waals surface area (Å²) in [6.07, 6.45) is 7.52. The molecule has 0 spiro atoms. The Hall–Kier alpha value is -2.34. The molecule has 6 nitrogen and oxygen atoms in total. The van der Waals surface area contributed by atoms with E-state index in [-0.39, 0.29) is 35.5 Å². The van der Waals surface area contributed by atoms with Crippen molar-refractivity contribution in [3.63, 3.8) is 0 Å². The molecule has 1 aliphatic heterocycles. The van der Waals surface area contributed by atoms with Crippen LogP contribution in [0.3, 0.4) is 0 Å². The molecule has 4 aliphatic rings. The molecule has 4 atom stereocenters. The van der Waals surface area contributed by atoms with E-state index in [1.165, 1.54) is 20.4 Å². The highest BCUT2D eigenvalue weighted by Gasteiger charge is 2.56. The van der Waals surface area contributed by atoms with Crippen molar-refractivity contribution in [2.24, 2.45) is 28.8 Å². The summed E-state index contributed by atoms with van der Waals surface area (Å²) >= 11 is 6.16. The van der Waals surface area contributed by atoms with Gasteiger partial charge in [0.2, 0.25) is 0 Å². The quantitative estimate of drug-likeness (QED) is 0.461. The maximum Gasteiger partial charge on any atom is 0.254 e. The van der Waals surface area contributed by atoms with Gasteiger partial charge in [0, 0.05) is 11.6 Å². The fourth-order valence-electron chi connectivity index (χ4n) is 4.28. The lowest BCUT2D eigenvalue weighted by Gasteiger charge is -2.37. The first kappa shape index (κ1) is 17.1. The lowest BCUT2D eigenvalue weighted by molar-refractivity contribution is -0.140. The normalized spacial score (nSPS) is 29.6. The van der Waals surface area contributed by atoms with E-state index >= 15 is 0 Å². The number of hydrogen-bond donors (Lipinski definition) is 0. The number of amides is 2. The zero-order chi connectivity index (χ0) is 18.4. The summed E-state index contributed by atoms with van der Waals surface area (Å²) in [6.45, 7) is 0. The molecular weight excluding hydrogens is 356 g/mol. The smallest absolute Gasteiger partial charge is 0.254 e. The molecule has 136 valence electrons. The Bertz CT molecular complexity index is 803. The highest BCUT2D eigenvalue weighted by molar-refractivity contribution is 6.32. The Balaban J connectivity index is 1.63. The Labute approximate surface area is 156 Å². The average molecular weight is 375 g/mol. The minimum absolute atomic E-state index is 0.145. The molecule has 0 unspecified atom stereocenters. The zero-order valence-electron chi connectivity index (χ0n) is 14.5. The predicted octanol–water partition coefficient (Wildman–Crippen LogP) is 2.89. The minimum Gasteiger partial charge on any atom is -0.496 e. The van der Waals surface area contributed by atoms with Crippen molar-refractivity contribution in [1.29, 1.82) is 0 Å². The molecule has 0 N–H and O–H groups in total. The van der Waals surface area contributed by atoms with Crippen LogP contribution in [0.4, 0.5) is 0 Å². The summed E-state index contributed by atoms with van der Waals surface area (Å²) < 4.78 is 10.5. The van der Waals surface area contributed by atoms with E-state index in [1.54, 1.807) is 12.1 Å². The van der Waals surface area contributed by atoms with E-state index in [0.29, 0.717) is 22.1 Å². The molecule has 0 radical (unpaired) electrons. The van der Waals surface area contributed by atoms with Gasteiger partial charge in [0.25, 0.3) is 11.8 Å². The van der Waals surface area contributed by atoms with Crippen molar-refractivity contribution in [2.45, 2.75) is 12.8 Å². The third kappa shape index (κ3) is 2.51. The van der Waals surface area contributed by atoms with Gasteiger partial charge in [-0.1, -0.05) is 23.8 Å². The predicted molar refractivity (Wildman–Crippen MR) is 96.3 cm³/mol. The van der Waals surface area contributed by atoms with E-state index < -0.39 is 0 Å². The molecule has 7 heteroatoms. The first-order chi connectivity index (χ1) is 12.5. The Morgan fingerprint density at radius 1 is 1.04 bits per heavy atom. The van der Waals surface area contributed by atoms with Crippen LogP contribution in [0.5, 0.6) is 11.5 Å². The molecule has 1 saturated carbocycles. The molecule has 1 aromatic rings.